The van der Waals surface area contributed by atoms with E-state index in [1.54, 1.807) is 0 Å². The lowest BCUT2D eigenvalue weighted by Gasteiger charge is -2.11. The van der Waals surface area contributed by atoms with Gasteiger partial charge in [-0.3, -0.25) is 4.79 Å². The summed E-state index contributed by atoms with van der Waals surface area (Å²) in [6.07, 6.45) is 8.22. The third-order valence-electron chi connectivity index (χ3n) is 3.68. The lowest BCUT2D eigenvalue weighted by atomic mass is 10.0. The molecule has 1 aromatic carbocycles. The summed E-state index contributed by atoms with van der Waals surface area (Å²) in [5.41, 5.74) is 2.60. The van der Waals surface area contributed by atoms with Gasteiger partial charge in [0.1, 0.15) is 0 Å². The average Bonchev–Trinajstić information content (AvgIpc) is 3.14. The minimum atomic E-state index is 0.0392. The standard InChI is InChI=1S/C16H17N3O2/c1-11-6-7-13(16-19-17-10-21-16)9-14(11)18-15(20)8-12-4-2-3-5-12/h2,4,6-7,9-10,12H,3,5,8H2,1H3,(H,18,20)/t12-/m0/s1. The summed E-state index contributed by atoms with van der Waals surface area (Å²) >= 11 is 0. The van der Waals surface area contributed by atoms with Gasteiger partial charge in [0, 0.05) is 17.7 Å². The van der Waals surface area contributed by atoms with Crippen LogP contribution in [0, 0.1) is 12.8 Å². The molecule has 1 heterocycles. The Morgan fingerprint density at radius 3 is 3.10 bits per heavy atom. The Morgan fingerprint density at radius 2 is 2.38 bits per heavy atom. The number of benzene rings is 1. The molecule has 0 bridgehead atoms. The molecule has 1 atom stereocenters. The number of aromatic nitrogens is 2. The fourth-order valence-corrected chi connectivity index (χ4v) is 2.49. The number of amides is 1. The molecule has 108 valence electrons. The van der Waals surface area contributed by atoms with Gasteiger partial charge in [-0.25, -0.2) is 0 Å². The van der Waals surface area contributed by atoms with Crippen LogP contribution in [-0.4, -0.2) is 16.1 Å². The topological polar surface area (TPSA) is 68.0 Å². The third-order valence-corrected chi connectivity index (χ3v) is 3.68. The van der Waals surface area contributed by atoms with Gasteiger partial charge in [0.25, 0.3) is 0 Å². The van der Waals surface area contributed by atoms with Crippen LogP contribution < -0.4 is 5.32 Å². The van der Waals surface area contributed by atoms with Crippen molar-refractivity contribution in [1.29, 1.82) is 0 Å². The molecule has 2 aromatic rings. The van der Waals surface area contributed by atoms with E-state index in [-0.39, 0.29) is 5.91 Å². The molecule has 5 heteroatoms. The van der Waals surface area contributed by atoms with Gasteiger partial charge in [0.2, 0.25) is 18.2 Å². The van der Waals surface area contributed by atoms with Crippen molar-refractivity contribution >= 4 is 11.6 Å². The molecule has 0 unspecified atom stereocenters. The highest BCUT2D eigenvalue weighted by molar-refractivity contribution is 5.92. The van der Waals surface area contributed by atoms with E-state index in [2.05, 4.69) is 27.7 Å². The largest absolute Gasteiger partial charge is 0.423 e. The Kier molecular flexibility index (Phi) is 3.81. The minimum Gasteiger partial charge on any atom is -0.423 e. The highest BCUT2D eigenvalue weighted by atomic mass is 16.4. The molecule has 0 radical (unpaired) electrons. The van der Waals surface area contributed by atoms with Crippen LogP contribution in [0.15, 0.2) is 41.2 Å². The summed E-state index contributed by atoms with van der Waals surface area (Å²) < 4.78 is 5.18. The molecular formula is C16H17N3O2. The van der Waals surface area contributed by atoms with Gasteiger partial charge in [0.15, 0.2) is 0 Å². The SMILES string of the molecule is Cc1ccc(-c2nnco2)cc1NC(=O)C[C@H]1C=CCC1. The highest BCUT2D eigenvalue weighted by Crippen LogP contribution is 2.25. The number of nitrogens with zero attached hydrogens (tertiary/aromatic N) is 2. The van der Waals surface area contributed by atoms with Gasteiger partial charge < -0.3 is 9.73 Å². The average molecular weight is 283 g/mol. The molecule has 1 aromatic heterocycles. The molecular weight excluding hydrogens is 266 g/mol. The summed E-state index contributed by atoms with van der Waals surface area (Å²) in [5.74, 6) is 0.853. The molecule has 0 fully saturated rings. The van der Waals surface area contributed by atoms with Gasteiger partial charge >= 0.3 is 0 Å². The number of aryl methyl sites for hydroxylation is 1. The Morgan fingerprint density at radius 1 is 1.48 bits per heavy atom. The maximum atomic E-state index is 12.1. The van der Waals surface area contributed by atoms with Crippen LogP contribution >= 0.6 is 0 Å². The van der Waals surface area contributed by atoms with Crippen molar-refractivity contribution in [2.75, 3.05) is 5.32 Å². The molecule has 1 aliphatic carbocycles. The molecule has 1 amide bonds. The van der Waals surface area contributed by atoms with Crippen molar-refractivity contribution in [3.63, 3.8) is 0 Å². The van der Waals surface area contributed by atoms with E-state index in [9.17, 15) is 4.79 Å². The van der Waals surface area contributed by atoms with E-state index in [0.717, 1.165) is 29.7 Å². The monoisotopic (exact) mass is 283 g/mol. The van der Waals surface area contributed by atoms with Gasteiger partial charge in [-0.05, 0) is 43.4 Å². The molecule has 3 rings (SSSR count). The zero-order chi connectivity index (χ0) is 14.7. The Balaban J connectivity index is 1.73. The van der Waals surface area contributed by atoms with Crippen molar-refractivity contribution < 1.29 is 9.21 Å². The Labute approximate surface area is 123 Å². The van der Waals surface area contributed by atoms with Gasteiger partial charge in [-0.15, -0.1) is 10.2 Å². The Hall–Kier alpha value is -2.43. The lowest BCUT2D eigenvalue weighted by molar-refractivity contribution is -0.116. The second-order valence-corrected chi connectivity index (χ2v) is 5.29. The number of hydrogen-bond acceptors (Lipinski definition) is 4. The molecule has 21 heavy (non-hydrogen) atoms. The highest BCUT2D eigenvalue weighted by Gasteiger charge is 2.15. The third kappa shape index (κ3) is 3.18. The zero-order valence-corrected chi connectivity index (χ0v) is 11.9. The van der Waals surface area contributed by atoms with Crippen LogP contribution in [0.4, 0.5) is 5.69 Å². The normalized spacial score (nSPS) is 17.1. The predicted octanol–water partition coefficient (Wildman–Crippen LogP) is 3.34. The number of rotatable bonds is 4. The number of carbonyl (C=O) groups excluding carboxylic acids is 1. The van der Waals surface area contributed by atoms with Crippen molar-refractivity contribution in [1.82, 2.24) is 10.2 Å². The predicted molar refractivity (Wildman–Crippen MR) is 79.6 cm³/mol. The second kappa shape index (κ2) is 5.91. The van der Waals surface area contributed by atoms with Crippen LogP contribution in [0.5, 0.6) is 0 Å². The zero-order valence-electron chi connectivity index (χ0n) is 11.9. The van der Waals surface area contributed by atoms with Crippen molar-refractivity contribution in [3.8, 4) is 11.5 Å². The summed E-state index contributed by atoms with van der Waals surface area (Å²) in [4.78, 5) is 12.1. The first-order valence-corrected chi connectivity index (χ1v) is 7.06. The Bertz CT molecular complexity index is 662. The number of nitrogens with one attached hydrogen (secondary N) is 1. The minimum absolute atomic E-state index is 0.0392. The van der Waals surface area contributed by atoms with Crippen LogP contribution in [0.1, 0.15) is 24.8 Å². The van der Waals surface area contributed by atoms with Gasteiger partial charge in [0.05, 0.1) is 0 Å². The first-order chi connectivity index (χ1) is 10.2. The van der Waals surface area contributed by atoms with Crippen LogP contribution in [0.3, 0.4) is 0 Å². The van der Waals surface area contributed by atoms with Crippen LogP contribution in [0.2, 0.25) is 0 Å². The van der Waals surface area contributed by atoms with E-state index < -0.39 is 0 Å². The van der Waals surface area contributed by atoms with Crippen LogP contribution in [-0.2, 0) is 4.79 Å². The maximum absolute atomic E-state index is 12.1. The maximum Gasteiger partial charge on any atom is 0.247 e. The number of carbonyl (C=O) groups is 1. The molecule has 0 spiro atoms. The second-order valence-electron chi connectivity index (χ2n) is 5.29. The van der Waals surface area contributed by atoms with Gasteiger partial charge in [-0.1, -0.05) is 18.2 Å². The van der Waals surface area contributed by atoms with E-state index in [1.807, 2.05) is 25.1 Å². The fraction of sp³-hybridized carbons (Fsp3) is 0.312. The van der Waals surface area contributed by atoms with E-state index in [1.165, 1.54) is 6.39 Å². The van der Waals surface area contributed by atoms with Crippen molar-refractivity contribution in [3.05, 3.63) is 42.3 Å². The fourth-order valence-electron chi connectivity index (χ4n) is 2.49. The number of anilines is 1. The molecule has 0 saturated carbocycles. The number of hydrogen-bond donors (Lipinski definition) is 1. The van der Waals surface area contributed by atoms with E-state index in [0.29, 0.717) is 18.2 Å². The summed E-state index contributed by atoms with van der Waals surface area (Å²) in [7, 11) is 0. The molecule has 1 aliphatic rings. The smallest absolute Gasteiger partial charge is 0.247 e. The van der Waals surface area contributed by atoms with Crippen molar-refractivity contribution in [2.24, 2.45) is 5.92 Å². The quantitative estimate of drug-likeness (QED) is 0.874. The number of allylic oxidation sites excluding steroid dienone is 2. The van der Waals surface area contributed by atoms with E-state index >= 15 is 0 Å². The first kappa shape index (κ1) is 13.5. The molecule has 0 saturated heterocycles. The van der Waals surface area contributed by atoms with Crippen LogP contribution in [0.25, 0.3) is 11.5 Å². The molecule has 1 N–H and O–H groups in total. The molecule has 0 aliphatic heterocycles. The summed E-state index contributed by atoms with van der Waals surface area (Å²) in [6, 6.07) is 5.70. The summed E-state index contributed by atoms with van der Waals surface area (Å²) in [5, 5.41) is 10.5. The molecule has 5 nitrogen and oxygen atoms in total. The van der Waals surface area contributed by atoms with E-state index in [4.69, 9.17) is 4.42 Å². The van der Waals surface area contributed by atoms with Gasteiger partial charge in [-0.2, -0.15) is 0 Å². The van der Waals surface area contributed by atoms with Crippen molar-refractivity contribution in [2.45, 2.75) is 26.2 Å². The first-order valence-electron chi connectivity index (χ1n) is 7.06. The summed E-state index contributed by atoms with van der Waals surface area (Å²) in [6.45, 7) is 1.96. The lowest BCUT2D eigenvalue weighted by Crippen LogP contribution is -2.15.